The van der Waals surface area contributed by atoms with E-state index in [9.17, 15) is 5.11 Å². The summed E-state index contributed by atoms with van der Waals surface area (Å²) >= 11 is 0. The maximum Gasteiger partial charge on any atom is 0.438 e. The van der Waals surface area contributed by atoms with Crippen LogP contribution in [-0.4, -0.2) is 50.2 Å². The first-order chi connectivity index (χ1) is 15.3. The Balaban J connectivity index is 1.40. The van der Waals surface area contributed by atoms with Gasteiger partial charge in [0.25, 0.3) is 0 Å². The molecule has 6 nitrogen and oxygen atoms in total. The molecule has 2 N–H and O–H groups in total. The number of nitrogens with zero attached hydrogens (tertiary/aromatic N) is 4. The molecule has 1 aromatic carbocycles. The zero-order valence-electron chi connectivity index (χ0n) is 17.7. The summed E-state index contributed by atoms with van der Waals surface area (Å²) in [6, 6.07) is 14.9. The Morgan fingerprint density at radius 2 is 2.06 bits per heavy atom. The van der Waals surface area contributed by atoms with Crippen LogP contribution in [0.4, 0.5) is 5.82 Å². The SMILES string of the molecule is OC[C@@H]1CCCN1[C@H]1CCc2ccccc2C1C#[N+]c1ncnc2[nH]c(C3CC3)cc12. The third kappa shape index (κ3) is 3.42. The minimum Gasteiger partial charge on any atom is -0.395 e. The molecule has 1 unspecified atom stereocenters. The van der Waals surface area contributed by atoms with E-state index in [0.717, 1.165) is 43.3 Å². The second kappa shape index (κ2) is 7.74. The van der Waals surface area contributed by atoms with E-state index in [1.165, 1.54) is 29.7 Å². The van der Waals surface area contributed by atoms with Crippen LogP contribution in [0.2, 0.25) is 0 Å². The number of benzene rings is 1. The van der Waals surface area contributed by atoms with Gasteiger partial charge in [-0.2, -0.15) is 9.83 Å². The molecule has 1 saturated heterocycles. The van der Waals surface area contributed by atoms with E-state index >= 15 is 0 Å². The number of hydrogen-bond acceptors (Lipinski definition) is 4. The van der Waals surface area contributed by atoms with Gasteiger partial charge in [0.15, 0.2) is 11.7 Å². The molecule has 2 fully saturated rings. The standard InChI is InChI=1S/C25H28N5O/c31-14-18-5-3-11-30(18)23-10-9-16-4-1-2-6-19(16)21(23)13-26-24-20-12-22(17-7-8-17)29-25(20)28-15-27-24/h1-2,4,6,12,15,17-18,21,23,31H,3,5,7-11,14H2,(H,27,28,29)/q+1/t18-,21?,23-/m0/s1. The summed E-state index contributed by atoms with van der Waals surface area (Å²) < 4.78 is 0. The van der Waals surface area contributed by atoms with Gasteiger partial charge in [-0.25, -0.2) is 0 Å². The number of aryl methyl sites for hydroxylation is 1. The summed E-state index contributed by atoms with van der Waals surface area (Å²) in [5.41, 5.74) is 4.80. The quantitative estimate of drug-likeness (QED) is 0.668. The molecule has 3 aromatic rings. The molecule has 158 valence electrons. The lowest BCUT2D eigenvalue weighted by molar-refractivity contribution is 0.105. The molecule has 0 spiro atoms. The van der Waals surface area contributed by atoms with Gasteiger partial charge >= 0.3 is 5.82 Å². The van der Waals surface area contributed by atoms with Gasteiger partial charge in [-0.15, -0.1) is 0 Å². The van der Waals surface area contributed by atoms with Crippen LogP contribution in [0.1, 0.15) is 60.8 Å². The van der Waals surface area contributed by atoms with E-state index in [-0.39, 0.29) is 18.6 Å². The van der Waals surface area contributed by atoms with Gasteiger partial charge in [0, 0.05) is 17.8 Å². The van der Waals surface area contributed by atoms with Crippen molar-refractivity contribution < 1.29 is 5.11 Å². The van der Waals surface area contributed by atoms with Gasteiger partial charge in [0.05, 0.1) is 6.61 Å². The van der Waals surface area contributed by atoms with E-state index < -0.39 is 0 Å². The van der Waals surface area contributed by atoms with E-state index in [0.29, 0.717) is 17.8 Å². The minimum atomic E-state index is 0.0731. The molecule has 1 aliphatic heterocycles. The Labute approximate surface area is 182 Å². The first-order valence-corrected chi connectivity index (χ1v) is 11.6. The van der Waals surface area contributed by atoms with Gasteiger partial charge in [0.2, 0.25) is 6.33 Å². The number of aliphatic hydroxyl groups is 1. The number of aromatic nitrogens is 3. The van der Waals surface area contributed by atoms with Gasteiger partial charge < -0.3 is 10.1 Å². The number of hydrogen-bond donors (Lipinski definition) is 2. The number of fused-ring (bicyclic) bond motifs is 2. The number of nitrogens with one attached hydrogen (secondary N) is 1. The summed E-state index contributed by atoms with van der Waals surface area (Å²) in [7, 11) is 0. The number of likely N-dealkylation sites (tertiary alicyclic amines) is 1. The van der Waals surface area contributed by atoms with Gasteiger partial charge in [-0.05, 0) is 73.2 Å². The molecule has 2 aliphatic carbocycles. The lowest BCUT2D eigenvalue weighted by Gasteiger charge is -2.38. The van der Waals surface area contributed by atoms with Crippen molar-refractivity contribution >= 4 is 16.9 Å². The Kier molecular flexibility index (Phi) is 4.74. The van der Waals surface area contributed by atoms with Crippen LogP contribution in [0.25, 0.3) is 15.9 Å². The zero-order chi connectivity index (χ0) is 20.8. The predicted molar refractivity (Wildman–Crippen MR) is 121 cm³/mol. The van der Waals surface area contributed by atoms with Crippen molar-refractivity contribution in [3.05, 3.63) is 58.3 Å². The monoisotopic (exact) mass is 414 g/mol. The molecule has 1 saturated carbocycles. The average Bonchev–Trinajstić information content (AvgIpc) is 3.38. The molecular formula is C25H28N5O+. The number of aliphatic hydroxyl groups excluding tert-OH is 1. The molecule has 0 bridgehead atoms. The highest BCUT2D eigenvalue weighted by molar-refractivity contribution is 5.88. The van der Waals surface area contributed by atoms with Crippen LogP contribution in [-0.2, 0) is 6.42 Å². The van der Waals surface area contributed by atoms with Crippen LogP contribution < -0.4 is 0 Å². The van der Waals surface area contributed by atoms with E-state index in [1.54, 1.807) is 6.33 Å². The van der Waals surface area contributed by atoms with Crippen LogP contribution in [0, 0.1) is 6.07 Å². The second-order valence-corrected chi connectivity index (χ2v) is 9.20. The Morgan fingerprint density at radius 1 is 1.16 bits per heavy atom. The first kappa shape index (κ1) is 19.0. The van der Waals surface area contributed by atoms with Crippen molar-refractivity contribution in [3.63, 3.8) is 0 Å². The molecule has 3 aliphatic rings. The molecule has 6 rings (SSSR count). The molecular weight excluding hydrogens is 386 g/mol. The molecule has 3 heterocycles. The lowest BCUT2D eigenvalue weighted by Crippen LogP contribution is -2.45. The molecule has 0 radical (unpaired) electrons. The number of aromatic amines is 1. The third-order valence-electron chi connectivity index (χ3n) is 7.30. The normalized spacial score (nSPS) is 25.9. The van der Waals surface area contributed by atoms with Gasteiger partial charge in [-0.3, -0.25) is 4.90 Å². The highest BCUT2D eigenvalue weighted by atomic mass is 16.3. The maximum absolute atomic E-state index is 9.92. The highest BCUT2D eigenvalue weighted by Gasteiger charge is 2.39. The molecule has 2 aromatic heterocycles. The van der Waals surface area contributed by atoms with Crippen molar-refractivity contribution in [2.24, 2.45) is 0 Å². The minimum absolute atomic E-state index is 0.0731. The van der Waals surface area contributed by atoms with Crippen molar-refractivity contribution in [1.29, 1.82) is 0 Å². The fourth-order valence-electron chi connectivity index (χ4n) is 5.53. The van der Waals surface area contributed by atoms with Crippen molar-refractivity contribution in [2.75, 3.05) is 13.2 Å². The maximum atomic E-state index is 9.92. The largest absolute Gasteiger partial charge is 0.438 e. The molecule has 0 amide bonds. The fraction of sp³-hybridized carbons (Fsp3) is 0.480. The second-order valence-electron chi connectivity index (χ2n) is 9.20. The zero-order valence-corrected chi connectivity index (χ0v) is 17.7. The molecule has 3 atom stereocenters. The first-order valence-electron chi connectivity index (χ1n) is 11.6. The van der Waals surface area contributed by atoms with Gasteiger partial charge in [0.1, 0.15) is 11.3 Å². The predicted octanol–water partition coefficient (Wildman–Crippen LogP) is 4.36. The molecule has 31 heavy (non-hydrogen) atoms. The Bertz CT molecular complexity index is 1170. The van der Waals surface area contributed by atoms with Crippen LogP contribution in [0.15, 0.2) is 36.7 Å². The van der Waals surface area contributed by atoms with Crippen LogP contribution >= 0.6 is 0 Å². The Morgan fingerprint density at radius 3 is 2.94 bits per heavy atom. The summed E-state index contributed by atoms with van der Waals surface area (Å²) in [4.78, 5) is 19.6. The van der Waals surface area contributed by atoms with E-state index in [1.807, 2.05) is 0 Å². The van der Waals surface area contributed by atoms with Crippen molar-refractivity contribution in [1.82, 2.24) is 19.9 Å². The summed E-state index contributed by atoms with van der Waals surface area (Å²) in [5.74, 6) is 1.40. The number of H-pyrrole nitrogens is 1. The highest BCUT2D eigenvalue weighted by Crippen LogP contribution is 2.41. The van der Waals surface area contributed by atoms with Crippen LogP contribution in [0.3, 0.4) is 0 Å². The fourth-order valence-corrected chi connectivity index (χ4v) is 5.53. The Hall–Kier alpha value is -2.75. The average molecular weight is 415 g/mol. The van der Waals surface area contributed by atoms with E-state index in [2.05, 4.69) is 56.3 Å². The smallest absolute Gasteiger partial charge is 0.395 e. The lowest BCUT2D eigenvalue weighted by atomic mass is 9.79. The summed E-state index contributed by atoms with van der Waals surface area (Å²) in [6.45, 7) is 1.26. The third-order valence-corrected chi connectivity index (χ3v) is 7.30. The van der Waals surface area contributed by atoms with Gasteiger partial charge in [-0.1, -0.05) is 24.3 Å². The summed E-state index contributed by atoms with van der Waals surface area (Å²) in [6.07, 6.45) is 8.42. The van der Waals surface area contributed by atoms with E-state index in [4.69, 9.17) is 4.85 Å². The number of rotatable bonds is 3. The van der Waals surface area contributed by atoms with Crippen molar-refractivity contribution in [2.45, 2.75) is 62.4 Å². The molecule has 6 heteroatoms. The van der Waals surface area contributed by atoms with Crippen molar-refractivity contribution in [3.8, 4) is 6.07 Å². The topological polar surface area (TPSA) is 69.4 Å². The van der Waals surface area contributed by atoms with Crippen LogP contribution in [0.5, 0.6) is 0 Å². The summed E-state index contributed by atoms with van der Waals surface area (Å²) in [5, 5.41) is 10.9.